The Labute approximate surface area is 75.9 Å². The van der Waals surface area contributed by atoms with Crippen molar-refractivity contribution in [3.63, 3.8) is 0 Å². The fourth-order valence-corrected chi connectivity index (χ4v) is 1.18. The molecule has 0 aliphatic carbocycles. The minimum Gasteiger partial charge on any atom is -0.391 e. The Morgan fingerprint density at radius 3 is 2.33 bits per heavy atom. The summed E-state index contributed by atoms with van der Waals surface area (Å²) >= 11 is 0. The highest BCUT2D eigenvalue weighted by Crippen LogP contribution is 2.05. The van der Waals surface area contributed by atoms with Crippen molar-refractivity contribution in [3.8, 4) is 0 Å². The molecule has 0 bridgehead atoms. The summed E-state index contributed by atoms with van der Waals surface area (Å²) < 4.78 is 5.50. The van der Waals surface area contributed by atoms with Crippen molar-refractivity contribution < 1.29 is 9.84 Å². The molecule has 2 nitrogen and oxygen atoms in total. The summed E-state index contributed by atoms with van der Waals surface area (Å²) in [4.78, 5) is 0. The van der Waals surface area contributed by atoms with Crippen LogP contribution in [0, 0.1) is 0 Å². The van der Waals surface area contributed by atoms with E-state index in [0.29, 0.717) is 0 Å². The van der Waals surface area contributed by atoms with Gasteiger partial charge < -0.3 is 9.84 Å². The molecule has 2 atom stereocenters. The van der Waals surface area contributed by atoms with E-state index in [9.17, 15) is 5.11 Å². The molecule has 0 aromatic rings. The van der Waals surface area contributed by atoms with Crippen LogP contribution in [0.5, 0.6) is 0 Å². The molecule has 0 fully saturated rings. The Morgan fingerprint density at radius 1 is 1.25 bits per heavy atom. The third-order valence-electron chi connectivity index (χ3n) is 2.02. The summed E-state index contributed by atoms with van der Waals surface area (Å²) in [6, 6.07) is 0. The van der Waals surface area contributed by atoms with Crippen LogP contribution >= 0.6 is 0 Å². The largest absolute Gasteiger partial charge is 0.391 e. The van der Waals surface area contributed by atoms with E-state index in [1.165, 1.54) is 12.8 Å². The first-order chi connectivity index (χ1) is 5.72. The molecule has 0 rings (SSSR count). The van der Waals surface area contributed by atoms with Gasteiger partial charge in [-0.1, -0.05) is 26.7 Å². The molecule has 2 unspecified atom stereocenters. The third-order valence-corrected chi connectivity index (χ3v) is 2.02. The average Bonchev–Trinajstić information content (AvgIpc) is 2.04. The standard InChI is InChI=1S/C10H22O2/c1-4-6-7-8-12-10(5-2)9(3)11/h9-11H,4-8H2,1-3H3. The van der Waals surface area contributed by atoms with Crippen LogP contribution in [0.3, 0.4) is 0 Å². The number of hydrogen-bond acceptors (Lipinski definition) is 2. The number of unbranched alkanes of at least 4 members (excludes halogenated alkanes) is 2. The monoisotopic (exact) mass is 174 g/mol. The predicted octanol–water partition coefficient (Wildman–Crippen LogP) is 2.35. The summed E-state index contributed by atoms with van der Waals surface area (Å²) in [5.74, 6) is 0. The van der Waals surface area contributed by atoms with E-state index in [2.05, 4.69) is 6.92 Å². The summed E-state index contributed by atoms with van der Waals surface area (Å²) in [6.07, 6.45) is 4.13. The highest BCUT2D eigenvalue weighted by Gasteiger charge is 2.11. The Hall–Kier alpha value is -0.0800. The molecule has 0 spiro atoms. The van der Waals surface area contributed by atoms with Gasteiger partial charge in [-0.3, -0.25) is 0 Å². The maximum absolute atomic E-state index is 9.24. The Morgan fingerprint density at radius 2 is 1.92 bits per heavy atom. The van der Waals surface area contributed by atoms with Crippen LogP contribution in [0.4, 0.5) is 0 Å². The zero-order valence-corrected chi connectivity index (χ0v) is 8.55. The second-order valence-electron chi connectivity index (χ2n) is 3.27. The molecular weight excluding hydrogens is 152 g/mol. The lowest BCUT2D eigenvalue weighted by atomic mass is 10.2. The van der Waals surface area contributed by atoms with Gasteiger partial charge in [-0.2, -0.15) is 0 Å². The smallest absolute Gasteiger partial charge is 0.0828 e. The number of hydrogen-bond donors (Lipinski definition) is 1. The predicted molar refractivity (Wildman–Crippen MR) is 51.2 cm³/mol. The van der Waals surface area contributed by atoms with Crippen LogP contribution in [0.15, 0.2) is 0 Å². The van der Waals surface area contributed by atoms with E-state index in [1.54, 1.807) is 6.92 Å². The molecule has 0 aliphatic rings. The van der Waals surface area contributed by atoms with Gasteiger partial charge in [0.1, 0.15) is 0 Å². The fourth-order valence-electron chi connectivity index (χ4n) is 1.18. The van der Waals surface area contributed by atoms with E-state index in [1.807, 2.05) is 6.92 Å². The van der Waals surface area contributed by atoms with E-state index < -0.39 is 0 Å². The molecule has 0 aromatic heterocycles. The van der Waals surface area contributed by atoms with E-state index in [0.717, 1.165) is 19.4 Å². The maximum Gasteiger partial charge on any atom is 0.0828 e. The highest BCUT2D eigenvalue weighted by atomic mass is 16.5. The number of rotatable bonds is 7. The fraction of sp³-hybridized carbons (Fsp3) is 1.00. The van der Waals surface area contributed by atoms with Crippen LogP contribution in [0.2, 0.25) is 0 Å². The molecule has 0 heterocycles. The van der Waals surface area contributed by atoms with Crippen molar-refractivity contribution in [3.05, 3.63) is 0 Å². The van der Waals surface area contributed by atoms with Crippen molar-refractivity contribution in [2.45, 2.75) is 58.7 Å². The lowest BCUT2D eigenvalue weighted by Crippen LogP contribution is -2.25. The zero-order valence-electron chi connectivity index (χ0n) is 8.55. The molecule has 0 radical (unpaired) electrons. The van der Waals surface area contributed by atoms with E-state index in [-0.39, 0.29) is 12.2 Å². The molecule has 0 aliphatic heterocycles. The molecule has 2 heteroatoms. The van der Waals surface area contributed by atoms with Crippen molar-refractivity contribution in [2.75, 3.05) is 6.61 Å². The van der Waals surface area contributed by atoms with Crippen LogP contribution < -0.4 is 0 Å². The van der Waals surface area contributed by atoms with Gasteiger partial charge in [-0.05, 0) is 19.8 Å². The Balaban J connectivity index is 3.32. The number of ether oxygens (including phenoxy) is 1. The first-order valence-electron chi connectivity index (χ1n) is 5.02. The van der Waals surface area contributed by atoms with Crippen molar-refractivity contribution >= 4 is 0 Å². The van der Waals surface area contributed by atoms with Gasteiger partial charge in [-0.15, -0.1) is 0 Å². The van der Waals surface area contributed by atoms with Crippen LogP contribution in [0.1, 0.15) is 46.5 Å². The molecule has 0 amide bonds. The third kappa shape index (κ3) is 5.56. The Kier molecular flexibility index (Phi) is 7.51. The first kappa shape index (κ1) is 11.9. The maximum atomic E-state index is 9.24. The summed E-state index contributed by atoms with van der Waals surface area (Å²) in [5.41, 5.74) is 0. The van der Waals surface area contributed by atoms with Gasteiger partial charge in [0.2, 0.25) is 0 Å². The molecule has 12 heavy (non-hydrogen) atoms. The minimum atomic E-state index is -0.336. The normalized spacial score (nSPS) is 16.0. The van der Waals surface area contributed by atoms with Gasteiger partial charge in [0.05, 0.1) is 12.2 Å². The zero-order chi connectivity index (χ0) is 9.40. The highest BCUT2D eigenvalue weighted by molar-refractivity contribution is 4.61. The molecule has 0 saturated carbocycles. The lowest BCUT2D eigenvalue weighted by Gasteiger charge is -2.18. The van der Waals surface area contributed by atoms with Gasteiger partial charge >= 0.3 is 0 Å². The molecule has 74 valence electrons. The summed E-state index contributed by atoms with van der Waals surface area (Å²) in [6.45, 7) is 6.79. The van der Waals surface area contributed by atoms with Crippen LogP contribution in [-0.2, 0) is 4.74 Å². The van der Waals surface area contributed by atoms with Crippen molar-refractivity contribution in [1.29, 1.82) is 0 Å². The summed E-state index contributed by atoms with van der Waals surface area (Å²) in [5, 5.41) is 9.24. The first-order valence-corrected chi connectivity index (χ1v) is 5.02. The van der Waals surface area contributed by atoms with E-state index in [4.69, 9.17) is 4.74 Å². The molecular formula is C10H22O2. The number of aliphatic hydroxyl groups excluding tert-OH is 1. The quantitative estimate of drug-likeness (QED) is 0.600. The van der Waals surface area contributed by atoms with E-state index >= 15 is 0 Å². The van der Waals surface area contributed by atoms with Crippen LogP contribution in [-0.4, -0.2) is 23.9 Å². The van der Waals surface area contributed by atoms with Gasteiger partial charge in [0.15, 0.2) is 0 Å². The molecule has 1 N–H and O–H groups in total. The van der Waals surface area contributed by atoms with Gasteiger partial charge in [0, 0.05) is 6.61 Å². The Bertz CT molecular complexity index is 91.8. The van der Waals surface area contributed by atoms with Gasteiger partial charge in [-0.25, -0.2) is 0 Å². The lowest BCUT2D eigenvalue weighted by molar-refractivity contribution is -0.0319. The minimum absolute atomic E-state index is 0.0295. The number of aliphatic hydroxyl groups is 1. The SMILES string of the molecule is CCCCCOC(CC)C(C)O. The molecule has 0 saturated heterocycles. The van der Waals surface area contributed by atoms with Crippen LogP contribution in [0.25, 0.3) is 0 Å². The summed E-state index contributed by atoms with van der Waals surface area (Å²) in [7, 11) is 0. The topological polar surface area (TPSA) is 29.5 Å². The van der Waals surface area contributed by atoms with Crippen molar-refractivity contribution in [2.24, 2.45) is 0 Å². The van der Waals surface area contributed by atoms with Crippen molar-refractivity contribution in [1.82, 2.24) is 0 Å². The second-order valence-corrected chi connectivity index (χ2v) is 3.27. The second kappa shape index (κ2) is 7.56. The average molecular weight is 174 g/mol. The van der Waals surface area contributed by atoms with Gasteiger partial charge in [0.25, 0.3) is 0 Å². The molecule has 0 aromatic carbocycles.